The highest BCUT2D eigenvalue weighted by Crippen LogP contribution is 2.36. The number of aryl methyl sites for hydroxylation is 2. The lowest BCUT2D eigenvalue weighted by molar-refractivity contribution is -0.00184. The minimum atomic E-state index is -0.664. The monoisotopic (exact) mass is 308 g/mol. The molecule has 0 aromatic carbocycles. The van der Waals surface area contributed by atoms with E-state index in [0.717, 1.165) is 15.9 Å². The Morgan fingerprint density at radius 3 is 2.62 bits per heavy atom. The third kappa shape index (κ3) is 2.30. The Bertz CT molecular complexity index is 706. The molecule has 6 nitrogen and oxygen atoms in total. The molecule has 3 N–H and O–H groups in total. The number of nitrogen functional groups attached to an aromatic ring is 1. The van der Waals surface area contributed by atoms with Crippen LogP contribution in [0.2, 0.25) is 0 Å². The van der Waals surface area contributed by atoms with E-state index in [4.69, 9.17) is 5.73 Å². The predicted octanol–water partition coefficient (Wildman–Crippen LogP) is 1.51. The molecular formula is C14H20N4O2S. The summed E-state index contributed by atoms with van der Waals surface area (Å²) in [6.07, 6.45) is 1.20. The Morgan fingerprint density at radius 2 is 2.05 bits per heavy atom. The van der Waals surface area contributed by atoms with Gasteiger partial charge >= 0.3 is 0 Å². The largest absolute Gasteiger partial charge is 0.397 e. The number of piperidine rings is 1. The van der Waals surface area contributed by atoms with Crippen LogP contribution in [0.1, 0.15) is 35.1 Å². The first-order valence-corrected chi connectivity index (χ1v) is 7.85. The number of anilines is 1. The fourth-order valence-corrected chi connectivity index (χ4v) is 3.98. The number of carbonyl (C=O) groups is 1. The van der Waals surface area contributed by atoms with Crippen LogP contribution in [0.4, 0.5) is 5.69 Å². The predicted molar refractivity (Wildman–Crippen MR) is 83.5 cm³/mol. The van der Waals surface area contributed by atoms with Gasteiger partial charge in [-0.2, -0.15) is 5.10 Å². The van der Waals surface area contributed by atoms with Crippen LogP contribution in [0.5, 0.6) is 0 Å². The molecule has 0 spiro atoms. The fourth-order valence-electron chi connectivity index (χ4n) is 2.82. The Balaban J connectivity index is 1.92. The van der Waals surface area contributed by atoms with Gasteiger partial charge in [-0.25, -0.2) is 0 Å². The number of rotatable bonds is 1. The van der Waals surface area contributed by atoms with E-state index in [1.54, 1.807) is 9.58 Å². The van der Waals surface area contributed by atoms with Gasteiger partial charge in [-0.05, 0) is 26.7 Å². The number of aromatic nitrogens is 2. The average Bonchev–Trinajstić information content (AvgIpc) is 2.88. The van der Waals surface area contributed by atoms with E-state index in [1.807, 2.05) is 20.9 Å². The van der Waals surface area contributed by atoms with Gasteiger partial charge in [0.15, 0.2) is 0 Å². The number of hydrogen-bond acceptors (Lipinski definition) is 5. The summed E-state index contributed by atoms with van der Waals surface area (Å²) >= 11 is 1.39. The van der Waals surface area contributed by atoms with Gasteiger partial charge in [-0.15, -0.1) is 11.3 Å². The zero-order chi connectivity index (χ0) is 15.4. The molecule has 7 heteroatoms. The second kappa shape index (κ2) is 4.71. The molecule has 1 fully saturated rings. The van der Waals surface area contributed by atoms with E-state index in [9.17, 15) is 9.90 Å². The molecule has 1 aliphatic heterocycles. The van der Waals surface area contributed by atoms with Gasteiger partial charge in [0.2, 0.25) is 0 Å². The molecule has 2 aromatic heterocycles. The van der Waals surface area contributed by atoms with Gasteiger partial charge in [0.1, 0.15) is 9.71 Å². The average molecular weight is 308 g/mol. The number of fused-ring (bicyclic) bond motifs is 1. The molecule has 3 heterocycles. The van der Waals surface area contributed by atoms with Gasteiger partial charge in [0.05, 0.1) is 22.4 Å². The van der Waals surface area contributed by atoms with Crippen LogP contribution in [-0.2, 0) is 7.05 Å². The number of nitrogens with two attached hydrogens (primary N) is 1. The van der Waals surface area contributed by atoms with Crippen molar-refractivity contribution < 1.29 is 9.90 Å². The van der Waals surface area contributed by atoms with Gasteiger partial charge < -0.3 is 15.7 Å². The third-order valence-electron chi connectivity index (χ3n) is 4.20. The fraction of sp³-hybridized carbons (Fsp3) is 0.571. The number of thiophene rings is 1. The molecule has 0 radical (unpaired) electrons. The van der Waals surface area contributed by atoms with Gasteiger partial charge in [0, 0.05) is 20.1 Å². The normalized spacial score (nSPS) is 18.4. The summed E-state index contributed by atoms with van der Waals surface area (Å²) in [5.41, 5.74) is 6.89. The molecule has 1 amide bonds. The second-order valence-corrected chi connectivity index (χ2v) is 7.02. The maximum Gasteiger partial charge on any atom is 0.266 e. The van der Waals surface area contributed by atoms with Crippen LogP contribution in [0.15, 0.2) is 0 Å². The van der Waals surface area contributed by atoms with Crippen LogP contribution in [0.3, 0.4) is 0 Å². The van der Waals surface area contributed by atoms with Crippen LogP contribution in [0.25, 0.3) is 10.2 Å². The minimum absolute atomic E-state index is 0.0383. The number of carbonyl (C=O) groups excluding carboxylic acids is 1. The zero-order valence-corrected chi connectivity index (χ0v) is 13.3. The summed E-state index contributed by atoms with van der Waals surface area (Å²) in [5, 5.41) is 15.2. The number of aliphatic hydroxyl groups is 1. The van der Waals surface area contributed by atoms with E-state index in [2.05, 4.69) is 5.10 Å². The molecule has 0 atom stereocenters. The smallest absolute Gasteiger partial charge is 0.266 e. The van der Waals surface area contributed by atoms with Crippen LogP contribution < -0.4 is 5.73 Å². The van der Waals surface area contributed by atoms with Crippen molar-refractivity contribution in [3.05, 3.63) is 10.6 Å². The van der Waals surface area contributed by atoms with Crippen molar-refractivity contribution in [2.75, 3.05) is 18.8 Å². The van der Waals surface area contributed by atoms with E-state index in [1.165, 1.54) is 11.3 Å². The van der Waals surface area contributed by atoms with E-state index < -0.39 is 5.60 Å². The summed E-state index contributed by atoms with van der Waals surface area (Å²) < 4.78 is 1.77. The Labute approximate surface area is 127 Å². The quantitative estimate of drug-likeness (QED) is 0.836. The van der Waals surface area contributed by atoms with Crippen molar-refractivity contribution in [2.45, 2.75) is 32.3 Å². The number of likely N-dealkylation sites (tertiary alicyclic amines) is 1. The minimum Gasteiger partial charge on any atom is -0.397 e. The Kier molecular flexibility index (Phi) is 3.22. The molecule has 3 rings (SSSR count). The lowest BCUT2D eigenvalue weighted by Crippen LogP contribution is -2.45. The second-order valence-electron chi connectivity index (χ2n) is 6.02. The maximum absolute atomic E-state index is 12.7. The highest BCUT2D eigenvalue weighted by Gasteiger charge is 2.32. The molecular weight excluding hydrogens is 288 g/mol. The van der Waals surface area contributed by atoms with E-state index in [-0.39, 0.29) is 5.91 Å². The molecule has 0 unspecified atom stereocenters. The Morgan fingerprint density at radius 1 is 1.43 bits per heavy atom. The summed E-state index contributed by atoms with van der Waals surface area (Å²) in [7, 11) is 1.86. The first-order valence-electron chi connectivity index (χ1n) is 7.03. The molecule has 0 aliphatic carbocycles. The third-order valence-corrected chi connectivity index (χ3v) is 5.46. The summed E-state index contributed by atoms with van der Waals surface area (Å²) in [5.74, 6) is -0.0383. The lowest BCUT2D eigenvalue weighted by atomic mass is 9.94. The van der Waals surface area contributed by atoms with Crippen LogP contribution in [-0.4, -0.2) is 44.4 Å². The number of amides is 1. The van der Waals surface area contributed by atoms with Crippen molar-refractivity contribution in [1.82, 2.24) is 14.7 Å². The van der Waals surface area contributed by atoms with Crippen LogP contribution in [0, 0.1) is 6.92 Å². The van der Waals surface area contributed by atoms with Crippen LogP contribution >= 0.6 is 11.3 Å². The van der Waals surface area contributed by atoms with Gasteiger partial charge in [0.25, 0.3) is 5.91 Å². The summed E-state index contributed by atoms with van der Waals surface area (Å²) in [6.45, 7) is 4.85. The van der Waals surface area contributed by atoms with Gasteiger partial charge in [-0.1, -0.05) is 0 Å². The van der Waals surface area contributed by atoms with Crippen molar-refractivity contribution in [3.8, 4) is 0 Å². The molecule has 21 heavy (non-hydrogen) atoms. The maximum atomic E-state index is 12.7. The number of nitrogens with zero attached hydrogens (tertiary/aromatic N) is 3. The Hall–Kier alpha value is -1.60. The zero-order valence-electron chi connectivity index (χ0n) is 12.5. The SMILES string of the molecule is Cc1nn(C)c2sc(C(=O)N3CCC(C)(O)CC3)c(N)c12. The first-order chi connectivity index (χ1) is 9.80. The molecule has 0 bridgehead atoms. The molecule has 1 aliphatic rings. The van der Waals surface area contributed by atoms with E-state index >= 15 is 0 Å². The topological polar surface area (TPSA) is 84.4 Å². The summed E-state index contributed by atoms with van der Waals surface area (Å²) in [6, 6.07) is 0. The molecule has 1 saturated heterocycles. The van der Waals surface area contributed by atoms with Crippen molar-refractivity contribution in [1.29, 1.82) is 0 Å². The molecule has 114 valence electrons. The van der Waals surface area contributed by atoms with E-state index in [0.29, 0.717) is 36.5 Å². The first kappa shape index (κ1) is 14.3. The lowest BCUT2D eigenvalue weighted by Gasteiger charge is -2.35. The highest BCUT2D eigenvalue weighted by atomic mass is 32.1. The molecule has 2 aromatic rings. The van der Waals surface area contributed by atoms with Crippen molar-refractivity contribution in [2.24, 2.45) is 7.05 Å². The summed E-state index contributed by atoms with van der Waals surface area (Å²) in [4.78, 5) is 16.0. The van der Waals surface area contributed by atoms with Crippen molar-refractivity contribution >= 4 is 33.1 Å². The highest BCUT2D eigenvalue weighted by molar-refractivity contribution is 7.21. The van der Waals surface area contributed by atoms with Crippen molar-refractivity contribution in [3.63, 3.8) is 0 Å². The molecule has 0 saturated carbocycles. The number of hydrogen-bond donors (Lipinski definition) is 2. The standard InChI is InChI=1S/C14H20N4O2S/c1-8-9-10(15)11(21-13(9)17(3)16-8)12(19)18-6-4-14(2,20)5-7-18/h20H,4-7,15H2,1-3H3. The van der Waals surface area contributed by atoms with Gasteiger partial charge in [-0.3, -0.25) is 9.48 Å².